The third kappa shape index (κ3) is 3.80. The maximum absolute atomic E-state index is 12.7. The highest BCUT2D eigenvalue weighted by molar-refractivity contribution is 5.95. The Morgan fingerprint density at radius 1 is 1.36 bits per heavy atom. The third-order valence-electron chi connectivity index (χ3n) is 5.69. The van der Waals surface area contributed by atoms with Crippen molar-refractivity contribution in [2.75, 3.05) is 44.7 Å². The number of anilines is 1. The van der Waals surface area contributed by atoms with E-state index in [1.165, 1.54) is 0 Å². The molecule has 2 unspecified atom stereocenters. The molecule has 1 N–H and O–H groups in total. The lowest BCUT2D eigenvalue weighted by Crippen LogP contribution is -2.62. The Balaban J connectivity index is 1.62. The predicted octanol–water partition coefficient (Wildman–Crippen LogP) is 1.77. The molecule has 138 valence electrons. The van der Waals surface area contributed by atoms with Crippen LogP contribution in [0.5, 0.6) is 0 Å². The van der Waals surface area contributed by atoms with E-state index in [4.69, 9.17) is 4.74 Å². The van der Waals surface area contributed by atoms with Crippen LogP contribution in [-0.2, 0) is 4.74 Å². The van der Waals surface area contributed by atoms with E-state index in [1.54, 1.807) is 12.3 Å². The molecule has 3 rings (SSSR count). The molecule has 1 saturated heterocycles. The van der Waals surface area contributed by atoms with Gasteiger partial charge in [0, 0.05) is 56.0 Å². The van der Waals surface area contributed by atoms with Gasteiger partial charge in [-0.1, -0.05) is 13.8 Å². The SMILES string of the molecule is CCOC1CC(NC(=O)c2ccnc(N3CCN(C)CC3)c2)C1(C)C. The van der Waals surface area contributed by atoms with E-state index in [0.29, 0.717) is 12.2 Å². The number of rotatable bonds is 5. The zero-order valence-electron chi connectivity index (χ0n) is 15.8. The summed E-state index contributed by atoms with van der Waals surface area (Å²) >= 11 is 0. The monoisotopic (exact) mass is 346 g/mol. The first-order valence-electron chi connectivity index (χ1n) is 9.24. The van der Waals surface area contributed by atoms with Crippen LogP contribution in [0.3, 0.4) is 0 Å². The van der Waals surface area contributed by atoms with E-state index in [0.717, 1.165) is 38.4 Å². The van der Waals surface area contributed by atoms with E-state index in [-0.39, 0.29) is 23.5 Å². The average Bonchev–Trinajstić information content (AvgIpc) is 2.61. The van der Waals surface area contributed by atoms with Crippen molar-refractivity contribution in [1.82, 2.24) is 15.2 Å². The Hall–Kier alpha value is -1.66. The Morgan fingerprint density at radius 3 is 2.72 bits per heavy atom. The molecule has 1 aliphatic heterocycles. The van der Waals surface area contributed by atoms with Crippen LogP contribution in [0.1, 0.15) is 37.6 Å². The topological polar surface area (TPSA) is 57.7 Å². The summed E-state index contributed by atoms with van der Waals surface area (Å²) in [5.41, 5.74) is 0.651. The van der Waals surface area contributed by atoms with Gasteiger partial charge in [0.15, 0.2) is 0 Å². The molecule has 1 saturated carbocycles. The number of hydrogen-bond acceptors (Lipinski definition) is 5. The fourth-order valence-corrected chi connectivity index (χ4v) is 3.62. The van der Waals surface area contributed by atoms with E-state index < -0.39 is 0 Å². The number of piperazine rings is 1. The Kier molecular flexibility index (Phi) is 5.29. The molecule has 1 aromatic heterocycles. The van der Waals surface area contributed by atoms with Crippen molar-refractivity contribution >= 4 is 11.7 Å². The van der Waals surface area contributed by atoms with Crippen molar-refractivity contribution < 1.29 is 9.53 Å². The first-order chi connectivity index (χ1) is 11.9. The molecule has 6 nitrogen and oxygen atoms in total. The molecule has 1 amide bonds. The standard InChI is InChI=1S/C19H30N4O2/c1-5-25-16-13-15(19(16,2)3)21-18(24)14-6-7-20-17(12-14)23-10-8-22(4)9-11-23/h6-7,12,15-16H,5,8-11,13H2,1-4H3,(H,21,24). The smallest absolute Gasteiger partial charge is 0.251 e. The second-order valence-electron chi connectivity index (χ2n) is 7.72. The molecule has 0 spiro atoms. The summed E-state index contributed by atoms with van der Waals surface area (Å²) < 4.78 is 5.75. The quantitative estimate of drug-likeness (QED) is 0.880. The summed E-state index contributed by atoms with van der Waals surface area (Å²) in [6, 6.07) is 3.85. The van der Waals surface area contributed by atoms with E-state index in [2.05, 4.69) is 41.0 Å². The highest BCUT2D eigenvalue weighted by Gasteiger charge is 2.49. The van der Waals surface area contributed by atoms with Crippen molar-refractivity contribution in [3.05, 3.63) is 23.9 Å². The Morgan fingerprint density at radius 2 is 2.08 bits per heavy atom. The molecule has 0 radical (unpaired) electrons. The molecule has 1 aromatic rings. The Bertz CT molecular complexity index is 611. The summed E-state index contributed by atoms with van der Waals surface area (Å²) in [5, 5.41) is 3.18. The number of carbonyl (C=O) groups excluding carboxylic acids is 1. The maximum Gasteiger partial charge on any atom is 0.251 e. The molecule has 0 aromatic carbocycles. The Labute approximate surface area is 150 Å². The van der Waals surface area contributed by atoms with E-state index >= 15 is 0 Å². The first kappa shape index (κ1) is 18.1. The molecule has 0 bridgehead atoms. The van der Waals surface area contributed by atoms with E-state index in [1.807, 2.05) is 13.0 Å². The van der Waals surface area contributed by atoms with Crippen LogP contribution in [0.2, 0.25) is 0 Å². The normalized spacial score (nSPS) is 26.2. The lowest BCUT2D eigenvalue weighted by atomic mass is 9.64. The van der Waals surface area contributed by atoms with Gasteiger partial charge in [-0.25, -0.2) is 4.98 Å². The molecule has 2 fully saturated rings. The van der Waals surface area contributed by atoms with Crippen molar-refractivity contribution in [3.8, 4) is 0 Å². The number of aromatic nitrogens is 1. The van der Waals surface area contributed by atoms with Gasteiger partial charge >= 0.3 is 0 Å². The zero-order valence-corrected chi connectivity index (χ0v) is 15.8. The number of carbonyl (C=O) groups is 1. The average molecular weight is 346 g/mol. The maximum atomic E-state index is 12.7. The van der Waals surface area contributed by atoms with Crippen LogP contribution in [-0.4, -0.2) is 67.8 Å². The highest BCUT2D eigenvalue weighted by Crippen LogP contribution is 2.42. The molecule has 2 atom stereocenters. The molecule has 6 heteroatoms. The van der Waals surface area contributed by atoms with Gasteiger partial charge in [-0.05, 0) is 32.5 Å². The highest BCUT2D eigenvalue weighted by atomic mass is 16.5. The van der Waals surface area contributed by atoms with Gasteiger partial charge in [-0.15, -0.1) is 0 Å². The minimum atomic E-state index is -0.0288. The van der Waals surface area contributed by atoms with Crippen LogP contribution < -0.4 is 10.2 Å². The summed E-state index contributed by atoms with van der Waals surface area (Å²) in [6.45, 7) is 11.0. The minimum absolute atomic E-state index is 0.0224. The number of likely N-dealkylation sites (N-methyl/N-ethyl adjacent to an activating group) is 1. The van der Waals surface area contributed by atoms with Crippen molar-refractivity contribution in [3.63, 3.8) is 0 Å². The van der Waals surface area contributed by atoms with Crippen molar-refractivity contribution in [2.24, 2.45) is 5.41 Å². The van der Waals surface area contributed by atoms with Crippen LogP contribution >= 0.6 is 0 Å². The van der Waals surface area contributed by atoms with Gasteiger partial charge in [0.2, 0.25) is 0 Å². The lowest BCUT2D eigenvalue weighted by Gasteiger charge is -2.51. The molecular weight excluding hydrogens is 316 g/mol. The van der Waals surface area contributed by atoms with Crippen LogP contribution in [0, 0.1) is 5.41 Å². The second-order valence-corrected chi connectivity index (χ2v) is 7.72. The van der Waals surface area contributed by atoms with E-state index in [9.17, 15) is 4.79 Å². The second kappa shape index (κ2) is 7.30. The summed E-state index contributed by atoms with van der Waals surface area (Å²) in [5.74, 6) is 0.867. The van der Waals surface area contributed by atoms with Gasteiger partial charge in [-0.3, -0.25) is 4.79 Å². The lowest BCUT2D eigenvalue weighted by molar-refractivity contribution is -0.111. The van der Waals surface area contributed by atoms with Crippen molar-refractivity contribution in [1.29, 1.82) is 0 Å². The largest absolute Gasteiger partial charge is 0.378 e. The summed E-state index contributed by atoms with van der Waals surface area (Å²) in [4.78, 5) is 21.7. The van der Waals surface area contributed by atoms with Crippen LogP contribution in [0.25, 0.3) is 0 Å². The van der Waals surface area contributed by atoms with Gasteiger partial charge in [-0.2, -0.15) is 0 Å². The molecule has 2 aliphatic rings. The van der Waals surface area contributed by atoms with Gasteiger partial charge in [0.1, 0.15) is 5.82 Å². The third-order valence-corrected chi connectivity index (χ3v) is 5.69. The molecular formula is C19H30N4O2. The van der Waals surface area contributed by atoms with Gasteiger partial charge in [0.25, 0.3) is 5.91 Å². The number of nitrogens with zero attached hydrogens (tertiary/aromatic N) is 3. The van der Waals surface area contributed by atoms with Crippen molar-refractivity contribution in [2.45, 2.75) is 39.3 Å². The fourth-order valence-electron chi connectivity index (χ4n) is 3.62. The zero-order chi connectivity index (χ0) is 18.0. The number of nitrogens with one attached hydrogen (secondary N) is 1. The van der Waals surface area contributed by atoms with Crippen LogP contribution in [0.15, 0.2) is 18.3 Å². The van der Waals surface area contributed by atoms with Gasteiger partial charge in [0.05, 0.1) is 6.10 Å². The number of pyridine rings is 1. The first-order valence-corrected chi connectivity index (χ1v) is 9.24. The number of hydrogen-bond donors (Lipinski definition) is 1. The molecule has 25 heavy (non-hydrogen) atoms. The fraction of sp³-hybridized carbons (Fsp3) is 0.684. The summed E-state index contributed by atoms with van der Waals surface area (Å²) in [7, 11) is 2.13. The number of ether oxygens (including phenoxy) is 1. The predicted molar refractivity (Wildman–Crippen MR) is 99.0 cm³/mol. The van der Waals surface area contributed by atoms with Gasteiger partial charge < -0.3 is 19.9 Å². The minimum Gasteiger partial charge on any atom is -0.378 e. The summed E-state index contributed by atoms with van der Waals surface area (Å²) in [6.07, 6.45) is 2.83. The number of amides is 1. The molecule has 1 aliphatic carbocycles. The van der Waals surface area contributed by atoms with Crippen LogP contribution in [0.4, 0.5) is 5.82 Å². The molecule has 2 heterocycles.